The van der Waals surface area contributed by atoms with Crippen LogP contribution >= 0.6 is 11.3 Å². The van der Waals surface area contributed by atoms with E-state index >= 15 is 0 Å². The second-order valence-electron chi connectivity index (χ2n) is 26.7. The maximum absolute atomic E-state index is 7.50. The third-order valence-corrected chi connectivity index (χ3v) is 19.6. The van der Waals surface area contributed by atoms with Gasteiger partial charge in [-0.2, -0.15) is 0 Å². The number of rotatable bonds is 10. The standard InChI is InChI=1S/C76H74BN3OS/c1-73(2,3)54-32-36-59(37-33-54)79-65-46-63(76(40-22-13-23-41-76)56-26-16-10-17-27-56)68(81-50-51-24-14-9-15-25-51)47-64(65)77-70-62-42-52-48-75(7,8)49-53(52)43-69(62)82-72(70)80(60-38-34-55(35-39-60)74(4,5)6)67-45-61(44-66(79)71(67)77)78(57-28-18-11-19-29-57)58-30-20-12-21-31-58/h9-12,14-21,24-39,42-47H,13,22-23,40-41,48-50H2,1-8H3. The smallest absolute Gasteiger partial charge is 0.254 e. The molecule has 1 fully saturated rings. The average Bonchev–Trinajstić information content (AvgIpc) is 4.04. The molecule has 0 spiro atoms. The summed E-state index contributed by atoms with van der Waals surface area (Å²) in [6, 6.07) is 78.6. The van der Waals surface area contributed by atoms with Crippen molar-refractivity contribution in [3.8, 4) is 5.75 Å². The van der Waals surface area contributed by atoms with Gasteiger partial charge in [-0.05, 0) is 176 Å². The van der Waals surface area contributed by atoms with Crippen LogP contribution in [0, 0.1) is 5.41 Å². The monoisotopic (exact) mass is 1090 g/mol. The van der Waals surface area contributed by atoms with Crippen molar-refractivity contribution in [3.05, 3.63) is 245 Å². The van der Waals surface area contributed by atoms with Gasteiger partial charge in [0.05, 0.1) is 10.7 Å². The quantitative estimate of drug-likeness (QED) is 0.127. The van der Waals surface area contributed by atoms with Crippen LogP contribution in [0.25, 0.3) is 10.1 Å². The number of ether oxygens (including phenoxy) is 1. The second kappa shape index (κ2) is 20.0. The minimum atomic E-state index is -0.261. The van der Waals surface area contributed by atoms with Crippen molar-refractivity contribution in [1.82, 2.24) is 0 Å². The predicted molar refractivity (Wildman–Crippen MR) is 350 cm³/mol. The highest BCUT2D eigenvalue weighted by molar-refractivity contribution is 7.26. The van der Waals surface area contributed by atoms with E-state index in [0.29, 0.717) is 6.61 Å². The molecule has 14 rings (SSSR count). The van der Waals surface area contributed by atoms with Crippen LogP contribution in [-0.4, -0.2) is 6.71 Å². The summed E-state index contributed by atoms with van der Waals surface area (Å²) in [6.45, 7) is 19.2. The summed E-state index contributed by atoms with van der Waals surface area (Å²) in [7, 11) is 0. The fraction of sp³-hybridized carbons (Fsp3) is 0.263. The molecule has 0 N–H and O–H groups in total. The third-order valence-electron chi connectivity index (χ3n) is 18.5. The van der Waals surface area contributed by atoms with E-state index in [1.165, 1.54) is 93.9 Å². The Morgan fingerprint density at radius 1 is 0.524 bits per heavy atom. The number of anilines is 9. The van der Waals surface area contributed by atoms with Gasteiger partial charge >= 0.3 is 0 Å². The molecule has 0 unspecified atom stereocenters. The zero-order valence-electron chi connectivity index (χ0n) is 49.0. The van der Waals surface area contributed by atoms with Crippen LogP contribution in [0.15, 0.2) is 206 Å². The molecule has 408 valence electrons. The van der Waals surface area contributed by atoms with Gasteiger partial charge in [0.1, 0.15) is 12.4 Å². The molecule has 4 nitrogen and oxygen atoms in total. The zero-order valence-corrected chi connectivity index (χ0v) is 49.8. The van der Waals surface area contributed by atoms with E-state index in [9.17, 15) is 0 Å². The molecule has 2 aliphatic heterocycles. The topological polar surface area (TPSA) is 19.0 Å². The SMILES string of the molecule is CC1(C)Cc2cc3sc4c(c3cc2C1)B1c2cc(OCc3ccccc3)c(C3(c5ccccc5)CCCCC3)cc2N(c2ccc(C(C)(C)C)cc2)c2cc(N(c3ccccc3)c3ccccc3)cc(c21)N4c1ccc(C(C)(C)C)cc1. The fourth-order valence-corrected chi connectivity index (χ4v) is 15.7. The van der Waals surface area contributed by atoms with Crippen molar-refractivity contribution >= 4 is 95.0 Å². The summed E-state index contributed by atoms with van der Waals surface area (Å²) in [4.78, 5) is 7.77. The molecule has 1 aromatic heterocycles. The van der Waals surface area contributed by atoms with E-state index in [2.05, 4.69) is 276 Å². The lowest BCUT2D eigenvalue weighted by molar-refractivity contribution is 0.282. The van der Waals surface area contributed by atoms with Gasteiger partial charge in [0.25, 0.3) is 6.71 Å². The Labute approximate surface area is 491 Å². The number of fused-ring (bicyclic) bond motifs is 7. The summed E-state index contributed by atoms with van der Waals surface area (Å²) in [5.41, 5.74) is 22.5. The Bertz CT molecular complexity index is 3960. The molecular formula is C76H74BN3OS. The molecule has 3 heterocycles. The maximum atomic E-state index is 7.50. The Hall–Kier alpha value is -7.80. The number of hydrogen-bond acceptors (Lipinski definition) is 5. The zero-order chi connectivity index (χ0) is 56.1. The summed E-state index contributed by atoms with van der Waals surface area (Å²) in [5.74, 6) is 0.987. The van der Waals surface area contributed by atoms with Crippen molar-refractivity contribution in [2.45, 2.75) is 123 Å². The summed E-state index contributed by atoms with van der Waals surface area (Å²) in [5, 5.41) is 2.65. The number of benzene rings is 9. The van der Waals surface area contributed by atoms with Gasteiger partial charge in [0, 0.05) is 55.5 Å². The molecule has 82 heavy (non-hydrogen) atoms. The van der Waals surface area contributed by atoms with Gasteiger partial charge in [0.15, 0.2) is 0 Å². The van der Waals surface area contributed by atoms with E-state index in [1.807, 2.05) is 11.3 Å². The highest BCUT2D eigenvalue weighted by atomic mass is 32.1. The van der Waals surface area contributed by atoms with Gasteiger partial charge in [-0.3, -0.25) is 0 Å². The van der Waals surface area contributed by atoms with Crippen LogP contribution in [-0.2, 0) is 35.7 Å². The van der Waals surface area contributed by atoms with Gasteiger partial charge in [-0.1, -0.05) is 202 Å². The Morgan fingerprint density at radius 2 is 1.05 bits per heavy atom. The molecule has 0 saturated heterocycles. The van der Waals surface area contributed by atoms with Gasteiger partial charge in [-0.25, -0.2) is 0 Å². The molecule has 0 radical (unpaired) electrons. The van der Waals surface area contributed by atoms with Crippen LogP contribution in [0.3, 0.4) is 0 Å². The molecule has 1 saturated carbocycles. The minimum absolute atomic E-state index is 0.00378. The fourth-order valence-electron chi connectivity index (χ4n) is 14.4. The lowest BCUT2D eigenvalue weighted by atomic mass is 9.33. The number of para-hydroxylation sites is 2. The first-order valence-corrected chi connectivity index (χ1v) is 30.8. The first-order valence-electron chi connectivity index (χ1n) is 30.0. The Kier molecular flexibility index (Phi) is 12.7. The molecule has 4 aliphatic rings. The maximum Gasteiger partial charge on any atom is 0.254 e. The predicted octanol–water partition coefficient (Wildman–Crippen LogP) is 19.0. The highest BCUT2D eigenvalue weighted by Gasteiger charge is 2.48. The van der Waals surface area contributed by atoms with Gasteiger partial charge in [-0.15, -0.1) is 11.3 Å². The van der Waals surface area contributed by atoms with Crippen LogP contribution in [0.5, 0.6) is 5.75 Å². The molecule has 0 amide bonds. The van der Waals surface area contributed by atoms with E-state index in [4.69, 9.17) is 4.74 Å². The largest absolute Gasteiger partial charge is 0.489 e. The number of thiophene rings is 1. The van der Waals surface area contributed by atoms with E-state index in [-0.39, 0.29) is 28.4 Å². The first-order chi connectivity index (χ1) is 39.6. The molecule has 0 atom stereocenters. The highest BCUT2D eigenvalue weighted by Crippen LogP contribution is 2.55. The van der Waals surface area contributed by atoms with E-state index in [0.717, 1.165) is 72.7 Å². The number of hydrogen-bond donors (Lipinski definition) is 0. The van der Waals surface area contributed by atoms with Crippen molar-refractivity contribution < 1.29 is 4.74 Å². The Balaban J connectivity index is 1.13. The van der Waals surface area contributed by atoms with Crippen LogP contribution in [0.4, 0.5) is 50.5 Å². The lowest BCUT2D eigenvalue weighted by Gasteiger charge is -2.45. The molecule has 6 heteroatoms. The third kappa shape index (κ3) is 9.04. The van der Waals surface area contributed by atoms with E-state index in [1.54, 1.807) is 0 Å². The van der Waals surface area contributed by atoms with Crippen LogP contribution in [0.1, 0.15) is 126 Å². The molecule has 9 aromatic carbocycles. The molecule has 10 aromatic rings. The lowest BCUT2D eigenvalue weighted by Crippen LogP contribution is -2.61. The molecule has 0 bridgehead atoms. The van der Waals surface area contributed by atoms with E-state index < -0.39 is 0 Å². The first kappa shape index (κ1) is 52.3. The van der Waals surface area contributed by atoms with Crippen molar-refractivity contribution in [3.63, 3.8) is 0 Å². The number of nitrogens with zero attached hydrogens (tertiary/aromatic N) is 3. The summed E-state index contributed by atoms with van der Waals surface area (Å²) < 4.78 is 8.85. The van der Waals surface area contributed by atoms with Gasteiger partial charge < -0.3 is 19.4 Å². The molecule has 2 aliphatic carbocycles. The minimum Gasteiger partial charge on any atom is -0.489 e. The van der Waals surface area contributed by atoms with Crippen LogP contribution in [0.2, 0.25) is 0 Å². The van der Waals surface area contributed by atoms with Gasteiger partial charge in [0.2, 0.25) is 0 Å². The molecular weight excluding hydrogens is 1010 g/mol. The summed E-state index contributed by atoms with van der Waals surface area (Å²) in [6.07, 6.45) is 7.82. The second-order valence-corrected chi connectivity index (χ2v) is 27.8. The van der Waals surface area contributed by atoms with Crippen LogP contribution < -0.4 is 35.8 Å². The van der Waals surface area contributed by atoms with Crippen molar-refractivity contribution in [2.75, 3.05) is 14.7 Å². The van der Waals surface area contributed by atoms with Crippen molar-refractivity contribution in [2.24, 2.45) is 5.41 Å². The normalized spacial score (nSPS) is 15.9. The van der Waals surface area contributed by atoms with Crippen molar-refractivity contribution in [1.29, 1.82) is 0 Å². The Morgan fingerprint density at radius 3 is 1.62 bits per heavy atom. The summed E-state index contributed by atoms with van der Waals surface area (Å²) >= 11 is 1.98. The average molecular weight is 1090 g/mol.